The second-order valence-corrected chi connectivity index (χ2v) is 11.6. The van der Waals surface area contributed by atoms with Crippen LogP contribution in [-0.4, -0.2) is 33.1 Å². The van der Waals surface area contributed by atoms with Gasteiger partial charge in [-0.2, -0.15) is 0 Å². The van der Waals surface area contributed by atoms with Crippen LogP contribution in [0, 0.1) is 24.2 Å². The normalized spacial score (nSPS) is 38.2. The first kappa shape index (κ1) is 19.3. The summed E-state index contributed by atoms with van der Waals surface area (Å²) in [4.78, 5) is 20.5. The highest BCUT2D eigenvalue weighted by molar-refractivity contribution is 8.13. The lowest BCUT2D eigenvalue weighted by molar-refractivity contribution is -0.151. The highest BCUT2D eigenvalue weighted by Gasteiger charge is 2.61. The van der Waals surface area contributed by atoms with Gasteiger partial charge in [0.2, 0.25) is 5.91 Å². The van der Waals surface area contributed by atoms with Gasteiger partial charge in [0.1, 0.15) is 0 Å². The number of benzene rings is 1. The molecular weight excluding hydrogens is 411 g/mol. The van der Waals surface area contributed by atoms with E-state index in [1.807, 2.05) is 30.0 Å². The Hall–Kier alpha value is -0.710. The first-order valence-corrected chi connectivity index (χ1v) is 12.1. The molecule has 2 unspecified atom stereocenters. The molecule has 0 N–H and O–H groups in total. The molecule has 0 spiro atoms. The molecule has 1 amide bonds. The van der Waals surface area contributed by atoms with Gasteiger partial charge in [0.15, 0.2) is 5.17 Å². The Labute approximate surface area is 181 Å². The predicted octanol–water partition coefficient (Wildman–Crippen LogP) is 6.18. The molecule has 0 radical (unpaired) electrons. The van der Waals surface area contributed by atoms with Gasteiger partial charge < -0.3 is 0 Å². The summed E-state index contributed by atoms with van der Waals surface area (Å²) in [6.45, 7) is 2.75. The second-order valence-electron chi connectivity index (χ2n) is 9.38. The van der Waals surface area contributed by atoms with E-state index >= 15 is 0 Å². The van der Waals surface area contributed by atoms with E-state index in [2.05, 4.69) is 0 Å². The van der Waals surface area contributed by atoms with Crippen molar-refractivity contribution in [2.45, 2.75) is 56.7 Å². The molecule has 4 saturated carbocycles. The van der Waals surface area contributed by atoms with Crippen molar-refractivity contribution in [1.29, 1.82) is 0 Å². The maximum Gasteiger partial charge on any atom is 0.234 e. The molecule has 4 aliphatic carbocycles. The van der Waals surface area contributed by atoms with Gasteiger partial charge >= 0.3 is 0 Å². The number of carbonyl (C=O) groups is 1. The fourth-order valence-corrected chi connectivity index (χ4v) is 8.11. The van der Waals surface area contributed by atoms with Crippen LogP contribution in [0.2, 0.25) is 5.02 Å². The van der Waals surface area contributed by atoms with Crippen molar-refractivity contribution >= 4 is 51.7 Å². The Kier molecular flexibility index (Phi) is 4.76. The zero-order chi connectivity index (χ0) is 19.5. The Bertz CT molecular complexity index is 841. The van der Waals surface area contributed by atoms with Crippen LogP contribution in [0.25, 0.3) is 0 Å². The topological polar surface area (TPSA) is 32.7 Å². The molecule has 1 heterocycles. The van der Waals surface area contributed by atoms with Crippen molar-refractivity contribution in [2.24, 2.45) is 22.2 Å². The van der Waals surface area contributed by atoms with Gasteiger partial charge in [-0.3, -0.25) is 9.69 Å². The van der Waals surface area contributed by atoms with Crippen molar-refractivity contribution in [1.82, 2.24) is 4.90 Å². The van der Waals surface area contributed by atoms with Gasteiger partial charge in [-0.1, -0.05) is 29.4 Å². The number of halogens is 2. The number of carbonyl (C=O) groups excluding carboxylic acids is 1. The monoisotopic (exact) mass is 436 g/mol. The number of thioether (sulfide) groups is 1. The number of aryl methyl sites for hydroxylation is 1. The summed E-state index contributed by atoms with van der Waals surface area (Å²) < 4.78 is 0. The molecule has 1 aliphatic heterocycles. The van der Waals surface area contributed by atoms with Crippen LogP contribution in [0.5, 0.6) is 0 Å². The van der Waals surface area contributed by atoms with Gasteiger partial charge in [0, 0.05) is 22.2 Å². The van der Waals surface area contributed by atoms with E-state index in [0.717, 1.165) is 67.2 Å². The van der Waals surface area contributed by atoms with Crippen LogP contribution in [0.15, 0.2) is 23.2 Å². The molecular formula is C22H26Cl2N2OS. The van der Waals surface area contributed by atoms with E-state index in [0.29, 0.717) is 16.9 Å². The molecule has 5 aliphatic rings. The Balaban J connectivity index is 1.46. The van der Waals surface area contributed by atoms with Crippen LogP contribution in [0.3, 0.4) is 0 Å². The molecule has 6 heteroatoms. The summed E-state index contributed by atoms with van der Waals surface area (Å²) in [5, 5.41) is 1.54. The average molecular weight is 437 g/mol. The number of rotatable bonds is 2. The van der Waals surface area contributed by atoms with Gasteiger partial charge in [0.05, 0.1) is 11.1 Å². The number of hydrogen-bond donors (Lipinski definition) is 0. The van der Waals surface area contributed by atoms with Gasteiger partial charge in [-0.15, -0.1) is 11.6 Å². The minimum Gasteiger partial charge on any atom is -0.291 e. The molecule has 1 aromatic rings. The molecule has 6 rings (SSSR count). The number of aliphatic imine (C=N–C) groups is 1. The summed E-state index contributed by atoms with van der Waals surface area (Å²) in [5.41, 5.74) is 1.59. The first-order valence-electron chi connectivity index (χ1n) is 10.3. The van der Waals surface area contributed by atoms with E-state index in [4.69, 9.17) is 28.2 Å². The minimum absolute atomic E-state index is 0.148. The second kappa shape index (κ2) is 6.92. The Morgan fingerprint density at radius 2 is 2.00 bits per heavy atom. The summed E-state index contributed by atoms with van der Waals surface area (Å²) >= 11 is 15.0. The molecule has 5 fully saturated rings. The quantitative estimate of drug-likeness (QED) is 0.518. The summed E-state index contributed by atoms with van der Waals surface area (Å²) in [6.07, 6.45) is 7.34. The third kappa shape index (κ3) is 3.30. The van der Waals surface area contributed by atoms with Crippen molar-refractivity contribution in [2.75, 3.05) is 12.3 Å². The van der Waals surface area contributed by atoms with Crippen molar-refractivity contribution in [3.63, 3.8) is 0 Å². The van der Waals surface area contributed by atoms with E-state index < -0.39 is 0 Å². The Morgan fingerprint density at radius 3 is 2.68 bits per heavy atom. The lowest BCUT2D eigenvalue weighted by Gasteiger charge is -2.59. The van der Waals surface area contributed by atoms with Crippen LogP contribution in [0.4, 0.5) is 5.69 Å². The smallest absolute Gasteiger partial charge is 0.234 e. The fraction of sp³-hybridized carbons (Fsp3) is 0.636. The zero-order valence-electron chi connectivity index (χ0n) is 16.2. The summed E-state index contributed by atoms with van der Waals surface area (Å²) in [7, 11) is 0. The van der Waals surface area contributed by atoms with Crippen LogP contribution in [-0.2, 0) is 4.79 Å². The Morgan fingerprint density at radius 1 is 1.25 bits per heavy atom. The van der Waals surface area contributed by atoms with Gasteiger partial charge in [-0.25, -0.2) is 4.99 Å². The summed E-state index contributed by atoms with van der Waals surface area (Å²) in [5.74, 6) is 2.52. The lowest BCUT2D eigenvalue weighted by Crippen LogP contribution is -2.60. The number of hydrogen-bond acceptors (Lipinski definition) is 3. The minimum atomic E-state index is -0.268. The molecule has 1 aromatic carbocycles. The highest BCUT2D eigenvalue weighted by atomic mass is 35.5. The molecule has 3 nitrogen and oxygen atoms in total. The molecule has 150 valence electrons. The summed E-state index contributed by atoms with van der Waals surface area (Å²) in [6, 6.07) is 5.85. The molecule has 28 heavy (non-hydrogen) atoms. The van der Waals surface area contributed by atoms with E-state index in [1.165, 1.54) is 6.42 Å². The standard InChI is InChI=1S/C22H26Cl2N2OS/c1-14-3-4-17(8-18(14)23)25-20-26(5-2-6-28-20)19(27)21-9-15-7-16(10-21)12-22(24,11-15)13-21/h3-4,8,15-16H,2,5-7,9-13H2,1H3. The number of alkyl halides is 1. The van der Waals surface area contributed by atoms with Crippen molar-refractivity contribution < 1.29 is 4.79 Å². The average Bonchev–Trinajstić information content (AvgIpc) is 2.63. The first-order chi connectivity index (χ1) is 13.4. The zero-order valence-corrected chi connectivity index (χ0v) is 18.5. The molecule has 2 atom stereocenters. The molecule has 1 saturated heterocycles. The van der Waals surface area contributed by atoms with Crippen LogP contribution >= 0.6 is 35.0 Å². The maximum absolute atomic E-state index is 13.9. The number of amides is 1. The molecule has 4 bridgehead atoms. The van der Waals surface area contributed by atoms with E-state index in [9.17, 15) is 4.79 Å². The van der Waals surface area contributed by atoms with Gasteiger partial charge in [-0.05, 0) is 81.4 Å². The van der Waals surface area contributed by atoms with E-state index in [-0.39, 0.29) is 16.2 Å². The SMILES string of the molecule is Cc1ccc(N=C2SCCCN2C(=O)C23CC4CC(CC(Cl)(C4)C2)C3)cc1Cl. The highest BCUT2D eigenvalue weighted by Crippen LogP contribution is 2.64. The molecule has 0 aromatic heterocycles. The largest absolute Gasteiger partial charge is 0.291 e. The number of amidine groups is 1. The van der Waals surface area contributed by atoms with E-state index in [1.54, 1.807) is 11.8 Å². The van der Waals surface area contributed by atoms with Crippen molar-refractivity contribution in [3.8, 4) is 0 Å². The number of nitrogens with zero attached hydrogens (tertiary/aromatic N) is 2. The van der Waals surface area contributed by atoms with Crippen LogP contribution < -0.4 is 0 Å². The third-order valence-electron chi connectivity index (χ3n) is 7.06. The lowest BCUT2D eigenvalue weighted by atomic mass is 9.49. The van der Waals surface area contributed by atoms with Gasteiger partial charge in [0.25, 0.3) is 0 Å². The van der Waals surface area contributed by atoms with Crippen LogP contribution in [0.1, 0.15) is 50.5 Å². The maximum atomic E-state index is 13.9. The fourth-order valence-electron chi connectivity index (χ4n) is 6.29. The predicted molar refractivity (Wildman–Crippen MR) is 118 cm³/mol. The van der Waals surface area contributed by atoms with Crippen molar-refractivity contribution in [3.05, 3.63) is 28.8 Å². The third-order valence-corrected chi connectivity index (χ3v) is 8.97.